The molecule has 2 heterocycles. The monoisotopic (exact) mass is 394 g/mol. The normalized spacial score (nSPS) is 18.8. The van der Waals surface area contributed by atoms with Crippen LogP contribution in [0, 0.1) is 5.82 Å². The Morgan fingerprint density at radius 3 is 2.71 bits per heavy atom. The van der Waals surface area contributed by atoms with Gasteiger partial charge in [-0.05, 0) is 66.3 Å². The van der Waals surface area contributed by atoms with Gasteiger partial charge in [-0.2, -0.15) is 0 Å². The van der Waals surface area contributed by atoms with E-state index in [9.17, 15) is 4.39 Å². The van der Waals surface area contributed by atoms with Crippen LogP contribution in [-0.2, 0) is 13.1 Å². The lowest BCUT2D eigenvalue weighted by Crippen LogP contribution is -2.13. The zero-order valence-corrected chi connectivity index (χ0v) is 16.1. The van der Waals surface area contributed by atoms with Gasteiger partial charge in [-0.15, -0.1) is 10.2 Å². The summed E-state index contributed by atoms with van der Waals surface area (Å²) in [5.74, 6) is 2.06. The average Bonchev–Trinajstić information content (AvgIpc) is 3.04. The number of aromatic nitrogens is 3. The summed E-state index contributed by atoms with van der Waals surface area (Å²) in [5, 5.41) is 13.2. The molecule has 0 bridgehead atoms. The first-order valence-corrected chi connectivity index (χ1v) is 9.95. The zero-order chi connectivity index (χ0) is 19.1. The molecule has 1 aliphatic carbocycles. The van der Waals surface area contributed by atoms with Gasteiger partial charge in [0.15, 0.2) is 5.82 Å². The molecule has 1 unspecified atom stereocenters. The standard InChI is InChI=1S/C22H20ClFN4/c23-18-7-10-20-17(11-18)12-25-13-21-26-27-22(28(20)21)16-3-1-14(2-4-16)15-5-8-19(24)9-6-15/h1,5-11,16,25H,2-4,12-13H2. The van der Waals surface area contributed by atoms with Crippen molar-refractivity contribution in [2.45, 2.75) is 38.3 Å². The molecule has 1 aromatic heterocycles. The van der Waals surface area contributed by atoms with E-state index in [1.807, 2.05) is 24.3 Å². The van der Waals surface area contributed by atoms with Crippen LogP contribution in [0.5, 0.6) is 0 Å². The number of hydrogen-bond acceptors (Lipinski definition) is 3. The van der Waals surface area contributed by atoms with Crippen LogP contribution in [-0.4, -0.2) is 14.8 Å². The first-order valence-electron chi connectivity index (χ1n) is 9.58. The molecule has 2 aromatic carbocycles. The molecule has 6 heteroatoms. The number of rotatable bonds is 2. The van der Waals surface area contributed by atoms with Crippen molar-refractivity contribution in [2.24, 2.45) is 0 Å². The number of fused-ring (bicyclic) bond motifs is 3. The molecule has 1 N–H and O–H groups in total. The van der Waals surface area contributed by atoms with Gasteiger partial charge in [0, 0.05) is 17.5 Å². The number of nitrogens with one attached hydrogen (secondary N) is 1. The Labute approximate surface area is 168 Å². The van der Waals surface area contributed by atoms with E-state index in [2.05, 4.69) is 32.2 Å². The molecule has 142 valence electrons. The molecule has 5 rings (SSSR count). The van der Waals surface area contributed by atoms with Crippen LogP contribution < -0.4 is 5.32 Å². The minimum absolute atomic E-state index is 0.198. The van der Waals surface area contributed by atoms with E-state index in [0.717, 1.165) is 59.3 Å². The van der Waals surface area contributed by atoms with Crippen molar-refractivity contribution >= 4 is 17.2 Å². The maximum atomic E-state index is 13.2. The van der Waals surface area contributed by atoms with Crippen LogP contribution >= 0.6 is 11.6 Å². The van der Waals surface area contributed by atoms with E-state index < -0.39 is 0 Å². The lowest BCUT2D eigenvalue weighted by Gasteiger charge is -2.23. The van der Waals surface area contributed by atoms with E-state index in [1.54, 1.807) is 0 Å². The lowest BCUT2D eigenvalue weighted by molar-refractivity contribution is 0.576. The minimum Gasteiger partial charge on any atom is -0.306 e. The fourth-order valence-corrected chi connectivity index (χ4v) is 4.38. The highest BCUT2D eigenvalue weighted by molar-refractivity contribution is 6.30. The predicted octanol–water partition coefficient (Wildman–Crippen LogP) is 5.01. The summed E-state index contributed by atoms with van der Waals surface area (Å²) >= 11 is 6.20. The van der Waals surface area contributed by atoms with E-state index in [0.29, 0.717) is 12.5 Å². The zero-order valence-electron chi connectivity index (χ0n) is 15.3. The largest absolute Gasteiger partial charge is 0.306 e. The summed E-state index contributed by atoms with van der Waals surface area (Å²) in [4.78, 5) is 0. The van der Waals surface area contributed by atoms with Crippen LogP contribution in [0.4, 0.5) is 4.39 Å². The highest BCUT2D eigenvalue weighted by atomic mass is 35.5. The Morgan fingerprint density at radius 2 is 1.93 bits per heavy atom. The molecular weight excluding hydrogens is 375 g/mol. The highest BCUT2D eigenvalue weighted by Crippen LogP contribution is 2.37. The first-order chi connectivity index (χ1) is 13.7. The van der Waals surface area contributed by atoms with Gasteiger partial charge in [0.05, 0.1) is 12.2 Å². The fraction of sp³-hybridized carbons (Fsp3) is 0.273. The van der Waals surface area contributed by atoms with Gasteiger partial charge >= 0.3 is 0 Å². The van der Waals surface area contributed by atoms with Crippen molar-refractivity contribution in [1.82, 2.24) is 20.1 Å². The maximum Gasteiger partial charge on any atom is 0.151 e. The molecule has 3 aromatic rings. The number of allylic oxidation sites excluding steroid dienone is 2. The Hall–Kier alpha value is -2.50. The molecule has 0 amide bonds. The molecule has 0 saturated heterocycles. The smallest absolute Gasteiger partial charge is 0.151 e. The van der Waals surface area contributed by atoms with Crippen molar-refractivity contribution < 1.29 is 4.39 Å². The SMILES string of the molecule is Fc1ccc(C2=CCC(c3nnc4n3-c3ccc(Cl)cc3CNC4)CC2)cc1. The molecule has 1 aliphatic heterocycles. The summed E-state index contributed by atoms with van der Waals surface area (Å²) in [5.41, 5.74) is 4.65. The maximum absolute atomic E-state index is 13.2. The topological polar surface area (TPSA) is 42.7 Å². The third-order valence-corrected chi connectivity index (χ3v) is 5.86. The highest BCUT2D eigenvalue weighted by Gasteiger charge is 2.26. The lowest BCUT2D eigenvalue weighted by atomic mass is 9.86. The third kappa shape index (κ3) is 3.15. The summed E-state index contributed by atoms with van der Waals surface area (Å²) in [6.07, 6.45) is 5.11. The molecule has 0 fully saturated rings. The Balaban J connectivity index is 1.47. The second kappa shape index (κ2) is 7.15. The number of benzene rings is 2. The third-order valence-electron chi connectivity index (χ3n) is 5.63. The number of hydrogen-bond donors (Lipinski definition) is 1. The molecule has 1 atom stereocenters. The molecule has 0 spiro atoms. The van der Waals surface area contributed by atoms with Gasteiger partial charge in [0.1, 0.15) is 11.6 Å². The molecular formula is C22H20ClFN4. The Bertz CT molecular complexity index is 1050. The van der Waals surface area contributed by atoms with Gasteiger partial charge < -0.3 is 5.32 Å². The Kier molecular flexibility index (Phi) is 4.49. The number of halogens is 2. The van der Waals surface area contributed by atoms with E-state index in [4.69, 9.17) is 11.6 Å². The van der Waals surface area contributed by atoms with Crippen LogP contribution in [0.25, 0.3) is 11.3 Å². The molecule has 2 aliphatic rings. The van der Waals surface area contributed by atoms with Crippen molar-refractivity contribution in [1.29, 1.82) is 0 Å². The summed E-state index contributed by atoms with van der Waals surface area (Å²) in [6, 6.07) is 12.8. The first kappa shape index (κ1) is 17.6. The second-order valence-corrected chi connectivity index (χ2v) is 7.83. The minimum atomic E-state index is -0.198. The van der Waals surface area contributed by atoms with Crippen molar-refractivity contribution in [3.63, 3.8) is 0 Å². The molecule has 4 nitrogen and oxygen atoms in total. The molecule has 28 heavy (non-hydrogen) atoms. The van der Waals surface area contributed by atoms with Gasteiger partial charge in [0.2, 0.25) is 0 Å². The molecule has 0 saturated carbocycles. The quantitative estimate of drug-likeness (QED) is 0.664. The van der Waals surface area contributed by atoms with Crippen LogP contribution in [0.2, 0.25) is 5.02 Å². The summed E-state index contributed by atoms with van der Waals surface area (Å²) < 4.78 is 15.4. The van der Waals surface area contributed by atoms with Crippen LogP contribution in [0.1, 0.15) is 48.0 Å². The van der Waals surface area contributed by atoms with E-state index >= 15 is 0 Å². The fourth-order valence-electron chi connectivity index (χ4n) is 4.19. The summed E-state index contributed by atoms with van der Waals surface area (Å²) in [7, 11) is 0. The Morgan fingerprint density at radius 1 is 1.07 bits per heavy atom. The van der Waals surface area contributed by atoms with E-state index in [-0.39, 0.29) is 5.82 Å². The second-order valence-electron chi connectivity index (χ2n) is 7.39. The van der Waals surface area contributed by atoms with Gasteiger partial charge in [-0.25, -0.2) is 4.39 Å². The molecule has 0 radical (unpaired) electrons. The average molecular weight is 395 g/mol. The van der Waals surface area contributed by atoms with E-state index in [1.165, 1.54) is 17.7 Å². The van der Waals surface area contributed by atoms with Crippen LogP contribution in [0.3, 0.4) is 0 Å². The van der Waals surface area contributed by atoms with Gasteiger partial charge in [-0.1, -0.05) is 29.8 Å². The summed E-state index contributed by atoms with van der Waals surface area (Å²) in [6.45, 7) is 1.45. The van der Waals surface area contributed by atoms with Crippen LogP contribution in [0.15, 0.2) is 48.5 Å². The van der Waals surface area contributed by atoms with Crippen molar-refractivity contribution in [3.05, 3.63) is 82.2 Å². The number of nitrogens with zero attached hydrogens (tertiary/aromatic N) is 3. The van der Waals surface area contributed by atoms with Gasteiger partial charge in [0.25, 0.3) is 0 Å². The predicted molar refractivity (Wildman–Crippen MR) is 108 cm³/mol. The van der Waals surface area contributed by atoms with Gasteiger partial charge in [-0.3, -0.25) is 4.57 Å². The van der Waals surface area contributed by atoms with Crippen molar-refractivity contribution in [2.75, 3.05) is 0 Å². The van der Waals surface area contributed by atoms with Crippen molar-refractivity contribution in [3.8, 4) is 5.69 Å².